The van der Waals surface area contributed by atoms with Crippen LogP contribution in [0.5, 0.6) is 5.75 Å². The fourth-order valence-electron chi connectivity index (χ4n) is 1.81. The van der Waals surface area contributed by atoms with Crippen LogP contribution in [0.4, 0.5) is 0 Å². The molecule has 1 fully saturated rings. The second-order valence-electron chi connectivity index (χ2n) is 3.65. The molecule has 2 rings (SSSR count). The molecule has 0 radical (unpaired) electrons. The number of aromatic nitrogens is 1. The molecule has 1 aliphatic rings. The van der Waals surface area contributed by atoms with E-state index in [1.807, 2.05) is 0 Å². The highest BCUT2D eigenvalue weighted by atomic mass is 79.9. The molecule has 80 valence electrons. The summed E-state index contributed by atoms with van der Waals surface area (Å²) in [5, 5.41) is 0. The fourth-order valence-corrected chi connectivity index (χ4v) is 2.23. The number of carbonyl (C=O) groups excluding carboxylic acids is 1. The van der Waals surface area contributed by atoms with Crippen molar-refractivity contribution in [3.05, 3.63) is 22.4 Å². The Bertz CT molecular complexity index is 362. The topological polar surface area (TPSA) is 39.2 Å². The molecule has 0 N–H and O–H groups in total. The highest BCUT2D eigenvalue weighted by molar-refractivity contribution is 9.10. The molecule has 4 heteroatoms. The van der Waals surface area contributed by atoms with Gasteiger partial charge in [-0.1, -0.05) is 0 Å². The van der Waals surface area contributed by atoms with E-state index in [1.165, 1.54) is 12.8 Å². The summed E-state index contributed by atoms with van der Waals surface area (Å²) in [5.74, 6) is 0.583. The first kappa shape index (κ1) is 10.6. The van der Waals surface area contributed by atoms with Crippen molar-refractivity contribution >= 4 is 22.2 Å². The van der Waals surface area contributed by atoms with Gasteiger partial charge in [-0.15, -0.1) is 0 Å². The van der Waals surface area contributed by atoms with E-state index in [4.69, 9.17) is 4.74 Å². The number of hydrogen-bond donors (Lipinski definition) is 0. The summed E-state index contributed by atoms with van der Waals surface area (Å²) in [4.78, 5) is 14.8. The van der Waals surface area contributed by atoms with Crippen molar-refractivity contribution in [1.29, 1.82) is 0 Å². The van der Waals surface area contributed by atoms with Gasteiger partial charge in [0, 0.05) is 6.20 Å². The molecule has 0 aromatic carbocycles. The number of nitrogens with zero attached hydrogens (tertiary/aromatic N) is 1. The van der Waals surface area contributed by atoms with Gasteiger partial charge in [-0.25, -0.2) is 4.98 Å². The highest BCUT2D eigenvalue weighted by Crippen LogP contribution is 2.31. The van der Waals surface area contributed by atoms with Crippen LogP contribution in [0.25, 0.3) is 0 Å². The summed E-state index contributed by atoms with van der Waals surface area (Å²) in [6, 6.07) is 1.79. The van der Waals surface area contributed by atoms with Gasteiger partial charge in [0.1, 0.15) is 5.69 Å². The molecule has 0 aliphatic heterocycles. The van der Waals surface area contributed by atoms with Crippen LogP contribution in [0, 0.1) is 0 Å². The first-order valence-electron chi connectivity index (χ1n) is 5.07. The minimum Gasteiger partial charge on any atom is -0.487 e. The normalized spacial score (nSPS) is 16.6. The molecule has 0 amide bonds. The Morgan fingerprint density at radius 2 is 2.20 bits per heavy atom. The van der Waals surface area contributed by atoms with E-state index in [0.29, 0.717) is 11.4 Å². The maximum atomic E-state index is 10.8. The van der Waals surface area contributed by atoms with Crippen LogP contribution in [0.15, 0.2) is 16.7 Å². The average molecular weight is 270 g/mol. The second kappa shape index (κ2) is 4.75. The maximum absolute atomic E-state index is 10.8. The van der Waals surface area contributed by atoms with Crippen LogP contribution >= 0.6 is 15.9 Å². The van der Waals surface area contributed by atoms with Crippen LogP contribution in [-0.4, -0.2) is 17.4 Å². The molecule has 15 heavy (non-hydrogen) atoms. The van der Waals surface area contributed by atoms with Gasteiger partial charge in [0.2, 0.25) is 0 Å². The molecule has 1 aliphatic carbocycles. The monoisotopic (exact) mass is 269 g/mol. The lowest BCUT2D eigenvalue weighted by Gasteiger charge is -2.15. The zero-order valence-electron chi connectivity index (χ0n) is 8.28. The molecule has 0 saturated heterocycles. The summed E-state index contributed by atoms with van der Waals surface area (Å²) in [7, 11) is 0. The fraction of sp³-hybridized carbons (Fsp3) is 0.455. The van der Waals surface area contributed by atoms with Crippen molar-refractivity contribution in [3.8, 4) is 5.75 Å². The molecule has 1 aromatic rings. The van der Waals surface area contributed by atoms with Crippen molar-refractivity contribution in [1.82, 2.24) is 4.98 Å². The van der Waals surface area contributed by atoms with Crippen LogP contribution in [-0.2, 0) is 0 Å². The van der Waals surface area contributed by atoms with Gasteiger partial charge in [0.05, 0.1) is 10.6 Å². The van der Waals surface area contributed by atoms with E-state index in [9.17, 15) is 4.79 Å². The summed E-state index contributed by atoms with van der Waals surface area (Å²) in [6.07, 6.45) is 7.12. The molecule has 1 saturated carbocycles. The van der Waals surface area contributed by atoms with Crippen LogP contribution in [0.1, 0.15) is 36.2 Å². The lowest BCUT2D eigenvalue weighted by molar-refractivity contribution is 0.111. The number of ether oxygens (including phenoxy) is 1. The Labute approximate surface area is 97.0 Å². The minimum atomic E-state index is 0.240. The Morgan fingerprint density at radius 3 is 2.87 bits per heavy atom. The van der Waals surface area contributed by atoms with Gasteiger partial charge in [-0.3, -0.25) is 4.79 Å². The van der Waals surface area contributed by atoms with E-state index in [0.717, 1.165) is 23.6 Å². The minimum absolute atomic E-state index is 0.240. The van der Waals surface area contributed by atoms with Crippen molar-refractivity contribution < 1.29 is 9.53 Å². The number of hydrogen-bond acceptors (Lipinski definition) is 3. The molecule has 1 heterocycles. The molecule has 3 nitrogen and oxygen atoms in total. The van der Waals surface area contributed by atoms with E-state index in [-0.39, 0.29) is 6.10 Å². The Hall–Kier alpha value is -0.900. The molecule has 0 spiro atoms. The van der Waals surface area contributed by atoms with E-state index in [1.54, 1.807) is 12.3 Å². The Kier molecular flexibility index (Phi) is 3.36. The SMILES string of the molecule is O=Cc1nccc(Br)c1OC1CCCC1. The summed E-state index contributed by atoms with van der Waals surface area (Å²) >= 11 is 3.37. The third-order valence-electron chi connectivity index (χ3n) is 2.58. The number of rotatable bonds is 3. The Balaban J connectivity index is 2.21. The van der Waals surface area contributed by atoms with Crippen LogP contribution < -0.4 is 4.74 Å². The highest BCUT2D eigenvalue weighted by Gasteiger charge is 2.19. The molecule has 0 bridgehead atoms. The molecule has 0 atom stereocenters. The quantitative estimate of drug-likeness (QED) is 0.792. The van der Waals surface area contributed by atoms with Gasteiger partial charge in [0.15, 0.2) is 12.0 Å². The van der Waals surface area contributed by atoms with E-state index < -0.39 is 0 Å². The summed E-state index contributed by atoms with van der Waals surface area (Å²) in [6.45, 7) is 0. The number of carbonyl (C=O) groups is 1. The van der Waals surface area contributed by atoms with Gasteiger partial charge >= 0.3 is 0 Å². The van der Waals surface area contributed by atoms with Crippen LogP contribution in [0.2, 0.25) is 0 Å². The first-order chi connectivity index (χ1) is 7.31. The molecule has 1 aromatic heterocycles. The Morgan fingerprint density at radius 1 is 1.47 bits per heavy atom. The smallest absolute Gasteiger partial charge is 0.172 e. The largest absolute Gasteiger partial charge is 0.487 e. The lowest BCUT2D eigenvalue weighted by atomic mass is 10.3. The zero-order chi connectivity index (χ0) is 10.7. The van der Waals surface area contributed by atoms with E-state index >= 15 is 0 Å². The summed E-state index contributed by atoms with van der Waals surface area (Å²) in [5.41, 5.74) is 0.372. The average Bonchev–Trinajstić information content (AvgIpc) is 2.74. The number of halogens is 1. The third kappa shape index (κ3) is 2.37. The van der Waals surface area contributed by atoms with Gasteiger partial charge in [0.25, 0.3) is 0 Å². The predicted molar refractivity (Wildman–Crippen MR) is 60.2 cm³/mol. The third-order valence-corrected chi connectivity index (χ3v) is 3.21. The molecular formula is C11H12BrNO2. The maximum Gasteiger partial charge on any atom is 0.172 e. The number of aldehydes is 1. The van der Waals surface area contributed by atoms with Gasteiger partial charge in [-0.05, 0) is 47.7 Å². The van der Waals surface area contributed by atoms with Crippen molar-refractivity contribution in [2.24, 2.45) is 0 Å². The lowest BCUT2D eigenvalue weighted by Crippen LogP contribution is -2.13. The standard InChI is InChI=1S/C11H12BrNO2/c12-9-5-6-13-10(7-14)11(9)15-8-3-1-2-4-8/h5-8H,1-4H2. The summed E-state index contributed by atoms with van der Waals surface area (Å²) < 4.78 is 6.59. The second-order valence-corrected chi connectivity index (χ2v) is 4.50. The first-order valence-corrected chi connectivity index (χ1v) is 5.87. The van der Waals surface area contributed by atoms with Gasteiger partial charge < -0.3 is 4.74 Å². The van der Waals surface area contributed by atoms with Gasteiger partial charge in [-0.2, -0.15) is 0 Å². The molecular weight excluding hydrogens is 258 g/mol. The number of pyridine rings is 1. The predicted octanol–water partition coefficient (Wildman–Crippen LogP) is 2.98. The van der Waals surface area contributed by atoms with Crippen molar-refractivity contribution in [2.45, 2.75) is 31.8 Å². The molecule has 0 unspecified atom stereocenters. The van der Waals surface area contributed by atoms with Crippen molar-refractivity contribution in [3.63, 3.8) is 0 Å². The van der Waals surface area contributed by atoms with Crippen LogP contribution in [0.3, 0.4) is 0 Å². The zero-order valence-corrected chi connectivity index (χ0v) is 9.87. The van der Waals surface area contributed by atoms with Crippen molar-refractivity contribution in [2.75, 3.05) is 0 Å². The van der Waals surface area contributed by atoms with E-state index in [2.05, 4.69) is 20.9 Å².